The lowest BCUT2D eigenvalue weighted by Crippen LogP contribution is -2.33. The largest absolute Gasteiger partial charge is 0.486 e. The Morgan fingerprint density at radius 2 is 2.00 bits per heavy atom. The van der Waals surface area contributed by atoms with Crippen molar-refractivity contribution in [3.05, 3.63) is 22.2 Å². The summed E-state index contributed by atoms with van der Waals surface area (Å²) in [6, 6.07) is 3.24. The molecule has 1 aliphatic carbocycles. The predicted molar refractivity (Wildman–Crippen MR) is 81.4 cm³/mol. The number of hydrogen-bond donors (Lipinski definition) is 2. The number of nitrogens with one attached hydrogen (secondary N) is 1. The quantitative estimate of drug-likeness (QED) is 0.852. The van der Waals surface area contributed by atoms with Crippen molar-refractivity contribution in [3.8, 4) is 11.5 Å². The van der Waals surface area contributed by atoms with Crippen LogP contribution in [-0.4, -0.2) is 36.2 Å². The minimum atomic E-state index is -0.793. The second-order valence-corrected chi connectivity index (χ2v) is 6.36. The Balaban J connectivity index is 1.70. The Kier molecular flexibility index (Phi) is 4.24. The lowest BCUT2D eigenvalue weighted by molar-refractivity contribution is -0.141. The molecule has 0 aromatic heterocycles. The van der Waals surface area contributed by atoms with E-state index in [-0.39, 0.29) is 17.9 Å². The van der Waals surface area contributed by atoms with Gasteiger partial charge in [0, 0.05) is 11.6 Å². The van der Waals surface area contributed by atoms with Crippen molar-refractivity contribution < 1.29 is 24.2 Å². The highest BCUT2D eigenvalue weighted by molar-refractivity contribution is 9.10. The van der Waals surface area contributed by atoms with Crippen LogP contribution in [0.2, 0.25) is 0 Å². The summed E-state index contributed by atoms with van der Waals surface area (Å²) in [4.78, 5) is 23.3. The summed E-state index contributed by atoms with van der Waals surface area (Å²) in [5.41, 5.74) is 0.468. The molecular formula is C15H16BrNO5. The molecule has 0 spiro atoms. The molecule has 2 N–H and O–H groups in total. The number of halogens is 1. The number of aliphatic carboxylic acids is 1. The number of ether oxygens (including phenoxy) is 2. The molecule has 22 heavy (non-hydrogen) atoms. The number of carbonyl (C=O) groups excluding carboxylic acids is 1. The van der Waals surface area contributed by atoms with Crippen LogP contribution >= 0.6 is 15.9 Å². The van der Waals surface area contributed by atoms with Crippen molar-refractivity contribution in [1.82, 2.24) is 5.32 Å². The molecule has 1 saturated carbocycles. The van der Waals surface area contributed by atoms with Gasteiger partial charge in [-0.15, -0.1) is 0 Å². The maximum absolute atomic E-state index is 12.3. The van der Waals surface area contributed by atoms with Crippen LogP contribution in [0.1, 0.15) is 29.6 Å². The number of carbonyl (C=O) groups is 2. The first-order valence-corrected chi connectivity index (χ1v) is 7.96. The molecule has 0 saturated heterocycles. The van der Waals surface area contributed by atoms with Crippen LogP contribution in [0, 0.1) is 5.92 Å². The molecule has 2 atom stereocenters. The van der Waals surface area contributed by atoms with Crippen LogP contribution in [0.25, 0.3) is 0 Å². The lowest BCUT2D eigenvalue weighted by Gasteiger charge is -2.20. The summed E-state index contributed by atoms with van der Waals surface area (Å²) in [5.74, 6) is -0.236. The number of hydrogen-bond acceptors (Lipinski definition) is 4. The van der Waals surface area contributed by atoms with Gasteiger partial charge >= 0.3 is 5.97 Å². The Hall–Kier alpha value is -1.76. The number of amides is 1. The van der Waals surface area contributed by atoms with Gasteiger partial charge in [0.1, 0.15) is 13.2 Å². The van der Waals surface area contributed by atoms with E-state index in [1.165, 1.54) is 0 Å². The van der Waals surface area contributed by atoms with Crippen molar-refractivity contribution in [2.24, 2.45) is 5.92 Å². The highest BCUT2D eigenvalue weighted by Gasteiger charge is 2.31. The third kappa shape index (κ3) is 3.04. The molecule has 7 heteroatoms. The fourth-order valence-corrected chi connectivity index (χ4v) is 3.40. The van der Waals surface area contributed by atoms with E-state index in [4.69, 9.17) is 14.6 Å². The summed E-state index contributed by atoms with van der Waals surface area (Å²) >= 11 is 3.38. The number of carboxylic acid groups (broad SMARTS) is 1. The Morgan fingerprint density at radius 3 is 2.73 bits per heavy atom. The number of benzene rings is 1. The number of fused-ring (bicyclic) bond motifs is 1. The smallest absolute Gasteiger partial charge is 0.306 e. The average molecular weight is 370 g/mol. The van der Waals surface area contributed by atoms with E-state index >= 15 is 0 Å². The van der Waals surface area contributed by atoms with E-state index < -0.39 is 5.97 Å². The molecule has 1 aromatic carbocycles. The van der Waals surface area contributed by atoms with E-state index in [0.29, 0.717) is 54.0 Å². The Labute approximate surface area is 135 Å². The van der Waals surface area contributed by atoms with Gasteiger partial charge in [-0.25, -0.2) is 0 Å². The van der Waals surface area contributed by atoms with Crippen LogP contribution < -0.4 is 14.8 Å². The van der Waals surface area contributed by atoms with Gasteiger partial charge in [-0.3, -0.25) is 9.59 Å². The van der Waals surface area contributed by atoms with E-state index in [1.807, 2.05) is 0 Å². The number of rotatable bonds is 3. The zero-order valence-electron chi connectivity index (χ0n) is 11.8. The molecule has 0 unspecified atom stereocenters. The van der Waals surface area contributed by atoms with E-state index in [1.54, 1.807) is 12.1 Å². The molecule has 3 rings (SSSR count). The van der Waals surface area contributed by atoms with Crippen LogP contribution in [0.4, 0.5) is 0 Å². The third-order valence-corrected chi connectivity index (χ3v) is 4.57. The molecule has 1 heterocycles. The van der Waals surface area contributed by atoms with Crippen molar-refractivity contribution >= 4 is 27.8 Å². The standard InChI is InChI=1S/C15H16BrNO5/c16-11-6-9(7-12-13(11)22-4-3-21-12)14(18)17-10-2-1-8(5-10)15(19)20/h6-8,10H,1-5H2,(H,17,18)(H,19,20)/t8-,10+/m0/s1. The number of carboxylic acids is 1. The van der Waals surface area contributed by atoms with E-state index in [9.17, 15) is 9.59 Å². The summed E-state index contributed by atoms with van der Waals surface area (Å²) < 4.78 is 11.7. The van der Waals surface area contributed by atoms with Gasteiger partial charge in [0.15, 0.2) is 11.5 Å². The highest BCUT2D eigenvalue weighted by Crippen LogP contribution is 2.38. The molecule has 1 aliphatic heterocycles. The normalized spacial score (nSPS) is 23.1. The topological polar surface area (TPSA) is 84.9 Å². The van der Waals surface area contributed by atoms with Crippen LogP contribution in [0.3, 0.4) is 0 Å². The fourth-order valence-electron chi connectivity index (χ4n) is 2.85. The minimum absolute atomic E-state index is 0.0967. The molecule has 0 bridgehead atoms. The molecule has 2 aliphatic rings. The second kappa shape index (κ2) is 6.16. The monoisotopic (exact) mass is 369 g/mol. The van der Waals surface area contributed by atoms with Crippen molar-refractivity contribution in [1.29, 1.82) is 0 Å². The first kappa shape index (κ1) is 15.1. The first-order valence-electron chi connectivity index (χ1n) is 7.17. The average Bonchev–Trinajstić information content (AvgIpc) is 2.96. The van der Waals surface area contributed by atoms with E-state index in [2.05, 4.69) is 21.2 Å². The third-order valence-electron chi connectivity index (χ3n) is 3.98. The maximum Gasteiger partial charge on any atom is 0.306 e. The molecule has 6 nitrogen and oxygen atoms in total. The van der Waals surface area contributed by atoms with Gasteiger partial charge < -0.3 is 19.9 Å². The first-order chi connectivity index (χ1) is 10.5. The highest BCUT2D eigenvalue weighted by atomic mass is 79.9. The summed E-state index contributed by atoms with van der Waals surface area (Å²) in [6.45, 7) is 0.934. The molecule has 1 aromatic rings. The summed E-state index contributed by atoms with van der Waals surface area (Å²) in [7, 11) is 0. The molecular weight excluding hydrogens is 354 g/mol. The second-order valence-electron chi connectivity index (χ2n) is 5.50. The van der Waals surface area contributed by atoms with Gasteiger partial charge in [-0.2, -0.15) is 0 Å². The van der Waals surface area contributed by atoms with E-state index in [0.717, 1.165) is 0 Å². The molecule has 1 amide bonds. The van der Waals surface area contributed by atoms with Crippen LogP contribution in [-0.2, 0) is 4.79 Å². The van der Waals surface area contributed by atoms with Gasteiger partial charge in [0.2, 0.25) is 0 Å². The van der Waals surface area contributed by atoms with Gasteiger partial charge in [-0.1, -0.05) is 0 Å². The zero-order valence-corrected chi connectivity index (χ0v) is 13.4. The molecule has 118 valence electrons. The van der Waals surface area contributed by atoms with Crippen molar-refractivity contribution in [2.75, 3.05) is 13.2 Å². The van der Waals surface area contributed by atoms with Gasteiger partial charge in [0.25, 0.3) is 5.91 Å². The summed E-state index contributed by atoms with van der Waals surface area (Å²) in [6.07, 6.45) is 1.77. The Bertz CT molecular complexity index is 618. The predicted octanol–water partition coefficient (Wildman–Crippen LogP) is 2.20. The van der Waals surface area contributed by atoms with Crippen LogP contribution in [0.15, 0.2) is 16.6 Å². The zero-order chi connectivity index (χ0) is 15.7. The molecule has 1 fully saturated rings. The fraction of sp³-hybridized carbons (Fsp3) is 0.467. The van der Waals surface area contributed by atoms with Crippen LogP contribution in [0.5, 0.6) is 11.5 Å². The molecule has 0 radical (unpaired) electrons. The maximum atomic E-state index is 12.3. The van der Waals surface area contributed by atoms with Gasteiger partial charge in [0.05, 0.1) is 10.4 Å². The van der Waals surface area contributed by atoms with Crippen molar-refractivity contribution in [2.45, 2.75) is 25.3 Å². The van der Waals surface area contributed by atoms with Crippen molar-refractivity contribution in [3.63, 3.8) is 0 Å². The lowest BCUT2D eigenvalue weighted by atomic mass is 10.1. The minimum Gasteiger partial charge on any atom is -0.486 e. The SMILES string of the molecule is O=C(N[C@@H]1CC[C@H](C(=O)O)C1)c1cc(Br)c2c(c1)OCCO2. The van der Waals surface area contributed by atoms with Gasteiger partial charge in [-0.05, 0) is 47.3 Å². The summed E-state index contributed by atoms with van der Waals surface area (Å²) in [5, 5.41) is 11.9. The Morgan fingerprint density at radius 1 is 1.23 bits per heavy atom.